The van der Waals surface area contributed by atoms with Crippen LogP contribution in [0.5, 0.6) is 0 Å². The Labute approximate surface area is 173 Å². The largest absolute Gasteiger partial charge is 0.322 e. The highest BCUT2D eigenvalue weighted by atomic mass is 35.5. The third-order valence-electron chi connectivity index (χ3n) is 4.07. The molecule has 0 atom stereocenters. The number of nitriles is 1. The van der Waals surface area contributed by atoms with Crippen molar-refractivity contribution in [2.24, 2.45) is 0 Å². The van der Waals surface area contributed by atoms with Gasteiger partial charge in [0, 0.05) is 16.3 Å². The number of rotatable bonds is 5. The Morgan fingerprint density at radius 1 is 1.00 bits per heavy atom. The Hall–Kier alpha value is -3.34. The van der Waals surface area contributed by atoms with Gasteiger partial charge in [0.1, 0.15) is 0 Å². The zero-order valence-corrected chi connectivity index (χ0v) is 16.9. The van der Waals surface area contributed by atoms with Crippen LogP contribution in [0.3, 0.4) is 0 Å². The molecule has 0 aromatic heterocycles. The van der Waals surface area contributed by atoms with E-state index in [-0.39, 0.29) is 4.90 Å². The van der Waals surface area contributed by atoms with Crippen LogP contribution in [0.1, 0.15) is 21.5 Å². The molecule has 0 bridgehead atoms. The van der Waals surface area contributed by atoms with Gasteiger partial charge in [-0.05, 0) is 61.0 Å². The lowest BCUT2D eigenvalue weighted by Gasteiger charge is -2.13. The number of anilines is 2. The van der Waals surface area contributed by atoms with E-state index < -0.39 is 15.9 Å². The van der Waals surface area contributed by atoms with Gasteiger partial charge in [0.2, 0.25) is 0 Å². The molecule has 0 aliphatic heterocycles. The number of carbonyl (C=O) groups excluding carboxylic acids is 1. The summed E-state index contributed by atoms with van der Waals surface area (Å²) in [6, 6.07) is 19.2. The summed E-state index contributed by atoms with van der Waals surface area (Å²) in [5.74, 6) is -0.447. The molecule has 0 saturated carbocycles. The van der Waals surface area contributed by atoms with Crippen molar-refractivity contribution in [1.29, 1.82) is 5.26 Å². The monoisotopic (exact) mass is 425 g/mol. The fourth-order valence-electron chi connectivity index (χ4n) is 2.66. The number of nitrogens with one attached hydrogen (secondary N) is 2. The van der Waals surface area contributed by atoms with E-state index in [1.54, 1.807) is 55.5 Å². The Balaban J connectivity index is 1.87. The summed E-state index contributed by atoms with van der Waals surface area (Å²) in [6.45, 7) is 1.66. The highest BCUT2D eigenvalue weighted by Gasteiger charge is 2.18. The van der Waals surface area contributed by atoms with E-state index >= 15 is 0 Å². The van der Waals surface area contributed by atoms with Gasteiger partial charge in [-0.3, -0.25) is 9.52 Å². The normalized spacial score (nSPS) is 10.8. The van der Waals surface area contributed by atoms with Gasteiger partial charge in [0.15, 0.2) is 0 Å². The smallest absolute Gasteiger partial charge is 0.262 e. The fourth-order valence-corrected chi connectivity index (χ4v) is 4.17. The van der Waals surface area contributed by atoms with E-state index in [2.05, 4.69) is 10.0 Å². The quantitative estimate of drug-likeness (QED) is 0.625. The summed E-state index contributed by atoms with van der Waals surface area (Å²) in [5, 5.41) is 12.0. The molecule has 3 rings (SSSR count). The van der Waals surface area contributed by atoms with E-state index in [1.165, 1.54) is 18.2 Å². The molecular formula is C21H16ClN3O3S. The number of hydrogen-bond donors (Lipinski definition) is 2. The Kier molecular flexibility index (Phi) is 5.87. The van der Waals surface area contributed by atoms with Gasteiger partial charge in [-0.25, -0.2) is 8.42 Å². The maximum atomic E-state index is 12.8. The van der Waals surface area contributed by atoms with E-state index in [9.17, 15) is 13.2 Å². The van der Waals surface area contributed by atoms with Gasteiger partial charge in [-0.15, -0.1) is 0 Å². The van der Waals surface area contributed by atoms with Gasteiger partial charge in [0.25, 0.3) is 15.9 Å². The van der Waals surface area contributed by atoms with E-state index in [1.807, 2.05) is 6.07 Å². The molecule has 6 nitrogen and oxygen atoms in total. The Bertz CT molecular complexity index is 1230. The van der Waals surface area contributed by atoms with Crippen LogP contribution in [-0.4, -0.2) is 14.3 Å². The number of carbonyl (C=O) groups is 1. The highest BCUT2D eigenvalue weighted by Crippen LogP contribution is 2.24. The first-order chi connectivity index (χ1) is 13.8. The molecule has 0 saturated heterocycles. The van der Waals surface area contributed by atoms with Crippen LogP contribution < -0.4 is 10.0 Å². The zero-order valence-electron chi connectivity index (χ0n) is 15.3. The predicted molar refractivity (Wildman–Crippen MR) is 113 cm³/mol. The molecule has 1 amide bonds. The number of hydrogen-bond acceptors (Lipinski definition) is 4. The minimum absolute atomic E-state index is 0.0288. The van der Waals surface area contributed by atoms with Crippen molar-refractivity contribution in [2.75, 3.05) is 10.0 Å². The highest BCUT2D eigenvalue weighted by molar-refractivity contribution is 7.92. The maximum absolute atomic E-state index is 12.8. The van der Waals surface area contributed by atoms with E-state index in [0.29, 0.717) is 33.1 Å². The summed E-state index contributed by atoms with van der Waals surface area (Å²) in [4.78, 5) is 12.5. The van der Waals surface area contributed by atoms with Crippen LogP contribution in [0.2, 0.25) is 5.02 Å². The van der Waals surface area contributed by atoms with Crippen LogP contribution in [-0.2, 0) is 10.0 Å². The van der Waals surface area contributed by atoms with E-state index in [4.69, 9.17) is 16.9 Å². The third kappa shape index (κ3) is 4.93. The average Bonchev–Trinajstić information content (AvgIpc) is 2.69. The van der Waals surface area contributed by atoms with Gasteiger partial charge < -0.3 is 5.32 Å². The molecule has 0 spiro atoms. The first-order valence-corrected chi connectivity index (χ1v) is 10.4. The van der Waals surface area contributed by atoms with Crippen LogP contribution in [0.25, 0.3) is 0 Å². The predicted octanol–water partition coefficient (Wildman–Crippen LogP) is 4.57. The molecule has 8 heteroatoms. The van der Waals surface area contributed by atoms with Crippen LogP contribution in [0, 0.1) is 18.3 Å². The van der Waals surface area contributed by atoms with E-state index in [0.717, 1.165) is 0 Å². The topological polar surface area (TPSA) is 99.1 Å². The van der Waals surface area contributed by atoms with Crippen LogP contribution in [0.4, 0.5) is 11.4 Å². The summed E-state index contributed by atoms with van der Waals surface area (Å²) in [5.41, 5.74) is 1.82. The maximum Gasteiger partial charge on any atom is 0.262 e. The fraction of sp³-hybridized carbons (Fsp3) is 0.0476. The SMILES string of the molecule is Cc1ccc(NC(=O)c2cccc(C#N)c2)cc1S(=O)(=O)Nc1cccc(Cl)c1. The summed E-state index contributed by atoms with van der Waals surface area (Å²) < 4.78 is 28.1. The number of sulfonamides is 1. The van der Waals surface area contributed by atoms with Crippen LogP contribution in [0.15, 0.2) is 71.6 Å². The van der Waals surface area contributed by atoms with Gasteiger partial charge in [0.05, 0.1) is 22.2 Å². The minimum Gasteiger partial charge on any atom is -0.322 e. The second-order valence-corrected chi connectivity index (χ2v) is 8.33. The molecule has 3 aromatic carbocycles. The van der Waals surface area contributed by atoms with Crippen molar-refractivity contribution < 1.29 is 13.2 Å². The summed E-state index contributed by atoms with van der Waals surface area (Å²) in [7, 11) is -3.90. The second kappa shape index (κ2) is 8.35. The van der Waals surface area contributed by atoms with Crippen molar-refractivity contribution in [1.82, 2.24) is 0 Å². The molecule has 0 aliphatic carbocycles. The third-order valence-corrected chi connectivity index (χ3v) is 5.82. The molecule has 29 heavy (non-hydrogen) atoms. The van der Waals surface area contributed by atoms with Crippen molar-refractivity contribution in [3.05, 3.63) is 88.4 Å². The lowest BCUT2D eigenvalue weighted by molar-refractivity contribution is 0.102. The first kappa shape index (κ1) is 20.4. The average molecular weight is 426 g/mol. The number of nitrogens with zero attached hydrogens (tertiary/aromatic N) is 1. The standard InChI is InChI=1S/C21H16ClN3O3S/c1-14-8-9-18(24-21(26)16-5-2-4-15(10-16)13-23)12-20(14)29(27,28)25-19-7-3-6-17(22)11-19/h2-12,25H,1H3,(H,24,26). The van der Waals surface area contributed by atoms with Crippen molar-refractivity contribution in [3.8, 4) is 6.07 Å². The molecule has 0 unspecified atom stereocenters. The van der Waals surface area contributed by atoms with Crippen LogP contribution >= 0.6 is 11.6 Å². The Morgan fingerprint density at radius 2 is 1.76 bits per heavy atom. The minimum atomic E-state index is -3.90. The van der Waals surface area contributed by atoms with Gasteiger partial charge in [-0.1, -0.05) is 29.8 Å². The van der Waals surface area contributed by atoms with Gasteiger partial charge >= 0.3 is 0 Å². The van der Waals surface area contributed by atoms with Gasteiger partial charge in [-0.2, -0.15) is 5.26 Å². The molecular weight excluding hydrogens is 410 g/mol. The number of benzene rings is 3. The first-order valence-electron chi connectivity index (χ1n) is 8.49. The Morgan fingerprint density at radius 3 is 2.48 bits per heavy atom. The number of amides is 1. The molecule has 146 valence electrons. The zero-order chi connectivity index (χ0) is 21.0. The second-order valence-electron chi connectivity index (χ2n) is 6.24. The van der Waals surface area contributed by atoms with Crippen molar-refractivity contribution in [2.45, 2.75) is 11.8 Å². The molecule has 0 heterocycles. The summed E-state index contributed by atoms with van der Waals surface area (Å²) >= 11 is 5.91. The summed E-state index contributed by atoms with van der Waals surface area (Å²) in [6.07, 6.45) is 0. The lowest BCUT2D eigenvalue weighted by atomic mass is 10.1. The lowest BCUT2D eigenvalue weighted by Crippen LogP contribution is -2.16. The molecule has 0 fully saturated rings. The molecule has 0 radical (unpaired) electrons. The molecule has 3 aromatic rings. The molecule has 0 aliphatic rings. The van der Waals surface area contributed by atoms with Crippen molar-refractivity contribution >= 4 is 38.9 Å². The number of halogens is 1. The van der Waals surface area contributed by atoms with Crippen molar-refractivity contribution in [3.63, 3.8) is 0 Å². The number of aryl methyl sites for hydroxylation is 1. The molecule has 2 N–H and O–H groups in total.